The number of nitro benzene ring substituents is 1. The monoisotopic (exact) mass is 404 g/mol. The third-order valence-electron chi connectivity index (χ3n) is 4.36. The zero-order chi connectivity index (χ0) is 19.9. The van der Waals surface area contributed by atoms with Gasteiger partial charge in [-0.3, -0.25) is 15.0 Å². The Morgan fingerprint density at radius 2 is 2.07 bits per heavy atom. The molecule has 2 aromatic carbocycles. The molecule has 28 heavy (non-hydrogen) atoms. The largest absolute Gasteiger partial charge is 0.374 e. The molecule has 1 atom stereocenters. The highest BCUT2D eigenvalue weighted by Gasteiger charge is 2.21. The lowest BCUT2D eigenvalue weighted by atomic mass is 10.2. The number of amides is 2. The molecule has 0 radical (unpaired) electrons. The summed E-state index contributed by atoms with van der Waals surface area (Å²) in [6, 6.07) is 13.8. The van der Waals surface area contributed by atoms with Crippen LogP contribution in [0.2, 0.25) is 5.02 Å². The van der Waals surface area contributed by atoms with Gasteiger partial charge in [-0.15, -0.1) is 0 Å². The lowest BCUT2D eigenvalue weighted by Gasteiger charge is -2.33. The summed E-state index contributed by atoms with van der Waals surface area (Å²) in [7, 11) is 0. The smallest absolute Gasteiger partial charge is 0.319 e. The molecule has 1 saturated heterocycles. The Morgan fingerprint density at radius 3 is 2.82 bits per heavy atom. The van der Waals surface area contributed by atoms with Crippen LogP contribution in [0.4, 0.5) is 16.2 Å². The molecule has 0 spiro atoms. The van der Waals surface area contributed by atoms with Crippen molar-refractivity contribution >= 4 is 29.0 Å². The number of nitro groups is 1. The number of nitrogens with zero attached hydrogens (tertiary/aromatic N) is 2. The maximum Gasteiger partial charge on any atom is 0.319 e. The maximum atomic E-state index is 12.1. The van der Waals surface area contributed by atoms with Crippen LogP contribution in [0.1, 0.15) is 5.56 Å². The summed E-state index contributed by atoms with van der Waals surface area (Å²) >= 11 is 5.77. The first-order chi connectivity index (χ1) is 13.5. The molecule has 0 bridgehead atoms. The standard InChI is InChI=1S/C19H21ClN4O4/c20-17-7-6-15(10-18(17)24(26)27)22-19(25)21-11-16-13-23(8-9-28-16)12-14-4-2-1-3-5-14/h1-7,10,16H,8-9,11-13H2,(H2,21,22,25). The number of benzene rings is 2. The van der Waals surface area contributed by atoms with E-state index in [1.54, 1.807) is 0 Å². The minimum atomic E-state index is -0.595. The lowest BCUT2D eigenvalue weighted by molar-refractivity contribution is -0.384. The molecular formula is C19H21ClN4O4. The van der Waals surface area contributed by atoms with E-state index in [1.807, 2.05) is 18.2 Å². The molecule has 1 unspecified atom stereocenters. The van der Waals surface area contributed by atoms with Gasteiger partial charge in [0.15, 0.2) is 0 Å². The first kappa shape index (κ1) is 20.1. The van der Waals surface area contributed by atoms with E-state index in [-0.39, 0.29) is 16.8 Å². The quantitative estimate of drug-likeness (QED) is 0.569. The molecule has 2 aromatic rings. The third-order valence-corrected chi connectivity index (χ3v) is 4.68. The average Bonchev–Trinajstić information content (AvgIpc) is 2.69. The minimum absolute atomic E-state index is 0.0186. The Hall–Kier alpha value is -2.68. The predicted molar refractivity (Wildman–Crippen MR) is 107 cm³/mol. The molecular weight excluding hydrogens is 384 g/mol. The molecule has 0 aromatic heterocycles. The number of rotatable bonds is 6. The number of urea groups is 1. The minimum Gasteiger partial charge on any atom is -0.374 e. The molecule has 9 heteroatoms. The van der Waals surface area contributed by atoms with Crippen LogP contribution in [0.5, 0.6) is 0 Å². The van der Waals surface area contributed by atoms with E-state index in [0.717, 1.165) is 13.1 Å². The number of anilines is 1. The molecule has 1 aliphatic heterocycles. The second-order valence-corrected chi connectivity index (χ2v) is 6.88. The highest BCUT2D eigenvalue weighted by molar-refractivity contribution is 6.32. The van der Waals surface area contributed by atoms with Gasteiger partial charge in [-0.05, 0) is 17.7 Å². The van der Waals surface area contributed by atoms with E-state index >= 15 is 0 Å². The zero-order valence-corrected chi connectivity index (χ0v) is 15.9. The highest BCUT2D eigenvalue weighted by Crippen LogP contribution is 2.27. The van der Waals surface area contributed by atoms with Crippen LogP contribution in [0.25, 0.3) is 0 Å². The molecule has 1 heterocycles. The SMILES string of the molecule is O=C(NCC1CN(Cc2ccccc2)CCO1)Nc1ccc(Cl)c([N+](=O)[O-])c1. The average molecular weight is 405 g/mol. The Bertz CT molecular complexity index is 834. The first-order valence-electron chi connectivity index (χ1n) is 8.88. The van der Waals surface area contributed by atoms with Crippen molar-refractivity contribution in [2.45, 2.75) is 12.6 Å². The maximum absolute atomic E-state index is 12.1. The molecule has 0 saturated carbocycles. The molecule has 0 aliphatic carbocycles. The second kappa shape index (κ2) is 9.50. The second-order valence-electron chi connectivity index (χ2n) is 6.47. The topological polar surface area (TPSA) is 96.7 Å². The summed E-state index contributed by atoms with van der Waals surface area (Å²) in [6.45, 7) is 3.33. The third kappa shape index (κ3) is 5.66. The van der Waals surface area contributed by atoms with E-state index in [1.165, 1.54) is 23.8 Å². The van der Waals surface area contributed by atoms with Crippen molar-refractivity contribution in [3.8, 4) is 0 Å². The van der Waals surface area contributed by atoms with Gasteiger partial charge in [0, 0.05) is 37.9 Å². The fourth-order valence-electron chi connectivity index (χ4n) is 3.00. The van der Waals surface area contributed by atoms with Crippen LogP contribution in [0.3, 0.4) is 0 Å². The van der Waals surface area contributed by atoms with Crippen LogP contribution in [0, 0.1) is 10.1 Å². The number of hydrogen-bond acceptors (Lipinski definition) is 5. The van der Waals surface area contributed by atoms with E-state index in [4.69, 9.17) is 16.3 Å². The van der Waals surface area contributed by atoms with E-state index in [2.05, 4.69) is 27.7 Å². The van der Waals surface area contributed by atoms with Gasteiger partial charge in [-0.1, -0.05) is 41.9 Å². The van der Waals surface area contributed by atoms with Crippen LogP contribution >= 0.6 is 11.6 Å². The number of hydrogen-bond donors (Lipinski definition) is 2. The zero-order valence-electron chi connectivity index (χ0n) is 15.1. The summed E-state index contributed by atoms with van der Waals surface area (Å²) < 4.78 is 5.72. The van der Waals surface area contributed by atoms with Gasteiger partial charge in [0.05, 0.1) is 17.6 Å². The molecule has 3 rings (SSSR count). The van der Waals surface area contributed by atoms with Crippen molar-refractivity contribution in [2.24, 2.45) is 0 Å². The van der Waals surface area contributed by atoms with Gasteiger partial charge in [0.1, 0.15) is 5.02 Å². The number of halogens is 1. The lowest BCUT2D eigenvalue weighted by Crippen LogP contribution is -2.47. The number of morpholine rings is 1. The molecule has 2 amide bonds. The predicted octanol–water partition coefficient (Wildman–Crippen LogP) is 3.27. The fraction of sp³-hybridized carbons (Fsp3) is 0.316. The van der Waals surface area contributed by atoms with Gasteiger partial charge >= 0.3 is 6.03 Å². The summed E-state index contributed by atoms with van der Waals surface area (Å²) in [5.41, 5.74) is 1.27. The van der Waals surface area contributed by atoms with Crippen LogP contribution in [0.15, 0.2) is 48.5 Å². The van der Waals surface area contributed by atoms with Gasteiger partial charge < -0.3 is 15.4 Å². The van der Waals surface area contributed by atoms with Crippen molar-refractivity contribution in [1.29, 1.82) is 0 Å². The molecule has 1 fully saturated rings. The summed E-state index contributed by atoms with van der Waals surface area (Å²) in [5.74, 6) is 0. The molecule has 2 N–H and O–H groups in total. The van der Waals surface area contributed by atoms with Gasteiger partial charge in [-0.2, -0.15) is 0 Å². The van der Waals surface area contributed by atoms with Crippen LogP contribution in [-0.4, -0.2) is 48.2 Å². The van der Waals surface area contributed by atoms with Crippen molar-refractivity contribution in [3.05, 3.63) is 69.2 Å². The Balaban J connectivity index is 1.47. The van der Waals surface area contributed by atoms with Crippen molar-refractivity contribution < 1.29 is 14.5 Å². The van der Waals surface area contributed by atoms with Gasteiger partial charge in [-0.25, -0.2) is 4.79 Å². The molecule has 8 nitrogen and oxygen atoms in total. The van der Waals surface area contributed by atoms with E-state index in [0.29, 0.717) is 25.4 Å². The van der Waals surface area contributed by atoms with Crippen LogP contribution < -0.4 is 10.6 Å². The highest BCUT2D eigenvalue weighted by atomic mass is 35.5. The van der Waals surface area contributed by atoms with E-state index in [9.17, 15) is 14.9 Å². The van der Waals surface area contributed by atoms with Crippen molar-refractivity contribution in [3.63, 3.8) is 0 Å². The normalized spacial score (nSPS) is 17.1. The molecule has 148 valence electrons. The van der Waals surface area contributed by atoms with Gasteiger partial charge in [0.2, 0.25) is 0 Å². The number of carbonyl (C=O) groups is 1. The van der Waals surface area contributed by atoms with Crippen molar-refractivity contribution in [2.75, 3.05) is 31.6 Å². The summed E-state index contributed by atoms with van der Waals surface area (Å²) in [4.78, 5) is 24.7. The number of ether oxygens (including phenoxy) is 1. The summed E-state index contributed by atoms with van der Waals surface area (Å²) in [5, 5.41) is 16.3. The Labute approximate surface area is 167 Å². The van der Waals surface area contributed by atoms with Gasteiger partial charge in [0.25, 0.3) is 5.69 Å². The fourth-order valence-corrected chi connectivity index (χ4v) is 3.19. The van der Waals surface area contributed by atoms with E-state index < -0.39 is 11.0 Å². The Kier molecular flexibility index (Phi) is 6.80. The molecule has 1 aliphatic rings. The Morgan fingerprint density at radius 1 is 1.29 bits per heavy atom. The number of nitrogens with one attached hydrogen (secondary N) is 2. The first-order valence-corrected chi connectivity index (χ1v) is 9.26. The number of carbonyl (C=O) groups excluding carboxylic acids is 1. The van der Waals surface area contributed by atoms with Crippen molar-refractivity contribution in [1.82, 2.24) is 10.2 Å². The summed E-state index contributed by atoms with van der Waals surface area (Å²) in [6.07, 6.45) is -0.122. The van der Waals surface area contributed by atoms with Crippen LogP contribution in [-0.2, 0) is 11.3 Å².